The number of fused-ring (bicyclic) bond motifs is 1. The molecular formula is C21H23BrF2N2OS. The molecule has 1 fully saturated rings. The predicted octanol–water partition coefficient (Wildman–Crippen LogP) is 4.81. The summed E-state index contributed by atoms with van der Waals surface area (Å²) in [6.45, 7) is 5.65. The van der Waals surface area contributed by atoms with Gasteiger partial charge in [-0.2, -0.15) is 0 Å². The molecule has 0 aliphatic carbocycles. The molecule has 1 atom stereocenters. The summed E-state index contributed by atoms with van der Waals surface area (Å²) >= 11 is 1.54. The Bertz CT molecular complexity index is 827. The third-order valence-corrected chi connectivity index (χ3v) is 6.39. The fourth-order valence-electron chi connectivity index (χ4n) is 3.86. The van der Waals surface area contributed by atoms with Crippen LogP contribution in [0, 0.1) is 17.0 Å². The molecule has 0 amide bonds. The van der Waals surface area contributed by atoms with Crippen LogP contribution >= 0.6 is 28.7 Å². The Morgan fingerprint density at radius 2 is 1.50 bits per heavy atom. The maximum absolute atomic E-state index is 13.5. The van der Waals surface area contributed by atoms with Gasteiger partial charge >= 0.3 is 0 Å². The lowest BCUT2D eigenvalue weighted by Crippen LogP contribution is -2.56. The zero-order valence-corrected chi connectivity index (χ0v) is 18.3. The molecule has 3 nitrogen and oxygen atoms in total. The van der Waals surface area contributed by atoms with Gasteiger partial charge in [0.2, 0.25) is 0 Å². The van der Waals surface area contributed by atoms with E-state index in [1.807, 2.05) is 4.90 Å². The van der Waals surface area contributed by atoms with Gasteiger partial charge in [-0.3, -0.25) is 4.99 Å². The monoisotopic (exact) mass is 468 g/mol. The summed E-state index contributed by atoms with van der Waals surface area (Å²) in [6.07, 6.45) is 0. The minimum atomic E-state index is -1.23. The van der Waals surface area contributed by atoms with Gasteiger partial charge in [0.05, 0.1) is 5.92 Å². The number of aliphatic imine (C=N–C) groups is 1. The zero-order valence-electron chi connectivity index (χ0n) is 15.7. The number of rotatable bonds is 3. The van der Waals surface area contributed by atoms with E-state index in [4.69, 9.17) is 0 Å². The van der Waals surface area contributed by atoms with E-state index >= 15 is 0 Å². The summed E-state index contributed by atoms with van der Waals surface area (Å²) in [7, 11) is 0. The summed E-state index contributed by atoms with van der Waals surface area (Å²) in [6, 6.07) is 12.3. The first-order valence-corrected chi connectivity index (χ1v) is 9.95. The number of hydrogen-bond donors (Lipinski definition) is 1. The maximum atomic E-state index is 13.5. The number of benzene rings is 2. The Balaban J connectivity index is 0.00000225. The molecule has 2 heterocycles. The Morgan fingerprint density at radius 1 is 1.00 bits per heavy atom. The molecule has 0 spiro atoms. The lowest BCUT2D eigenvalue weighted by molar-refractivity contribution is -0.0703. The van der Waals surface area contributed by atoms with Crippen LogP contribution in [0.25, 0.3) is 0 Å². The second kappa shape index (κ2) is 7.76. The number of aliphatic hydroxyl groups is 1. The van der Waals surface area contributed by atoms with Crippen LogP contribution < -0.4 is 0 Å². The first-order valence-electron chi connectivity index (χ1n) is 8.97. The average molecular weight is 469 g/mol. The molecule has 2 aliphatic heterocycles. The second-order valence-corrected chi connectivity index (χ2v) is 9.00. The SMILES string of the molecule is Br.CC1(C)CN=C2SCC(O)(C(c3ccc(F)cc3)c3ccc(F)cc3)N2C1. The van der Waals surface area contributed by atoms with E-state index < -0.39 is 11.6 Å². The zero-order chi connectivity index (χ0) is 19.2. The quantitative estimate of drug-likeness (QED) is 0.701. The Kier molecular flexibility index (Phi) is 5.90. The van der Waals surface area contributed by atoms with E-state index in [1.54, 1.807) is 24.3 Å². The highest BCUT2D eigenvalue weighted by molar-refractivity contribution is 8.93. The van der Waals surface area contributed by atoms with Gasteiger partial charge in [0.15, 0.2) is 10.9 Å². The minimum Gasteiger partial charge on any atom is -0.369 e. The molecule has 2 aliphatic rings. The van der Waals surface area contributed by atoms with E-state index in [1.165, 1.54) is 36.0 Å². The number of amidine groups is 1. The normalized spacial score (nSPS) is 23.2. The van der Waals surface area contributed by atoms with Crippen molar-refractivity contribution in [1.82, 2.24) is 4.90 Å². The molecule has 0 aromatic heterocycles. The van der Waals surface area contributed by atoms with Crippen molar-refractivity contribution in [1.29, 1.82) is 0 Å². The molecule has 1 N–H and O–H groups in total. The topological polar surface area (TPSA) is 35.8 Å². The van der Waals surface area contributed by atoms with Crippen molar-refractivity contribution in [2.45, 2.75) is 25.5 Å². The number of halogens is 3. The highest BCUT2D eigenvalue weighted by atomic mass is 79.9. The van der Waals surface area contributed by atoms with Gasteiger partial charge in [0.1, 0.15) is 11.6 Å². The van der Waals surface area contributed by atoms with E-state index in [-0.39, 0.29) is 34.0 Å². The predicted molar refractivity (Wildman–Crippen MR) is 115 cm³/mol. The summed E-state index contributed by atoms with van der Waals surface area (Å²) in [4.78, 5) is 6.63. The second-order valence-electron chi connectivity index (χ2n) is 8.05. The summed E-state index contributed by atoms with van der Waals surface area (Å²) < 4.78 is 27.0. The van der Waals surface area contributed by atoms with E-state index in [0.29, 0.717) is 12.3 Å². The average Bonchev–Trinajstić information content (AvgIpc) is 2.94. The lowest BCUT2D eigenvalue weighted by atomic mass is 9.81. The first-order chi connectivity index (χ1) is 12.8. The molecule has 28 heavy (non-hydrogen) atoms. The molecule has 150 valence electrons. The third kappa shape index (κ3) is 3.84. The van der Waals surface area contributed by atoms with E-state index in [0.717, 1.165) is 22.8 Å². The highest BCUT2D eigenvalue weighted by Gasteiger charge is 2.52. The smallest absolute Gasteiger partial charge is 0.161 e. The summed E-state index contributed by atoms with van der Waals surface area (Å²) in [5, 5.41) is 12.7. The highest BCUT2D eigenvalue weighted by Crippen LogP contribution is 2.47. The van der Waals surface area contributed by atoms with E-state index in [9.17, 15) is 13.9 Å². The Morgan fingerprint density at radius 3 is 2.00 bits per heavy atom. The van der Waals surface area contributed by atoms with Crippen molar-refractivity contribution in [3.8, 4) is 0 Å². The van der Waals surface area contributed by atoms with Crippen molar-refractivity contribution in [3.63, 3.8) is 0 Å². The molecule has 2 aromatic rings. The molecule has 0 radical (unpaired) electrons. The van der Waals surface area contributed by atoms with Crippen LogP contribution in [0.5, 0.6) is 0 Å². The fourth-order valence-corrected chi connectivity index (χ4v) is 5.06. The van der Waals surface area contributed by atoms with Crippen molar-refractivity contribution in [2.24, 2.45) is 10.4 Å². The Labute approximate surface area is 178 Å². The van der Waals surface area contributed by atoms with Gasteiger partial charge in [-0.15, -0.1) is 17.0 Å². The first kappa shape index (κ1) is 21.3. The van der Waals surface area contributed by atoms with Crippen molar-refractivity contribution in [2.75, 3.05) is 18.8 Å². The van der Waals surface area contributed by atoms with Gasteiger partial charge in [-0.25, -0.2) is 8.78 Å². The van der Waals surface area contributed by atoms with Gasteiger partial charge in [-0.05, 0) is 35.4 Å². The molecule has 1 unspecified atom stereocenters. The third-order valence-electron chi connectivity index (χ3n) is 5.21. The standard InChI is InChI=1S/C21H22F2N2OS.BrH/c1-20(2)11-24-19-25(12-20)21(26,13-27-19)18(14-3-7-16(22)8-4-14)15-5-9-17(23)10-6-15;/h3-10,18,26H,11-13H2,1-2H3;1H. The maximum Gasteiger partial charge on any atom is 0.161 e. The molecule has 7 heteroatoms. The minimum absolute atomic E-state index is 0. The van der Waals surface area contributed by atoms with Gasteiger partial charge in [-0.1, -0.05) is 49.9 Å². The molecule has 0 saturated carbocycles. The molecular weight excluding hydrogens is 446 g/mol. The van der Waals surface area contributed by atoms with Crippen LogP contribution in [-0.2, 0) is 0 Å². The number of nitrogens with zero attached hydrogens (tertiary/aromatic N) is 2. The van der Waals surface area contributed by atoms with Gasteiger partial charge in [0, 0.05) is 24.3 Å². The molecule has 2 aromatic carbocycles. The molecule has 4 rings (SSSR count). The largest absolute Gasteiger partial charge is 0.369 e. The van der Waals surface area contributed by atoms with Crippen LogP contribution in [-0.4, -0.2) is 39.7 Å². The molecule has 1 saturated heterocycles. The van der Waals surface area contributed by atoms with Gasteiger partial charge in [0.25, 0.3) is 0 Å². The van der Waals surface area contributed by atoms with Crippen molar-refractivity contribution >= 4 is 33.9 Å². The fraction of sp³-hybridized carbons (Fsp3) is 0.381. The Hall–Kier alpha value is -1.44. The van der Waals surface area contributed by atoms with Crippen LogP contribution in [0.15, 0.2) is 53.5 Å². The molecule has 0 bridgehead atoms. The number of hydrogen-bond acceptors (Lipinski definition) is 4. The van der Waals surface area contributed by atoms with Crippen molar-refractivity contribution in [3.05, 3.63) is 71.3 Å². The van der Waals surface area contributed by atoms with Crippen LogP contribution in [0.1, 0.15) is 30.9 Å². The van der Waals surface area contributed by atoms with Crippen LogP contribution in [0.4, 0.5) is 8.78 Å². The summed E-state index contributed by atoms with van der Waals surface area (Å²) in [5.41, 5.74) is 0.293. The van der Waals surface area contributed by atoms with E-state index in [2.05, 4.69) is 18.8 Å². The number of thioether (sulfide) groups is 1. The van der Waals surface area contributed by atoms with Gasteiger partial charge < -0.3 is 10.0 Å². The van der Waals surface area contributed by atoms with Crippen LogP contribution in [0.3, 0.4) is 0 Å². The summed E-state index contributed by atoms with van der Waals surface area (Å²) in [5.74, 6) is -0.661. The van der Waals surface area contributed by atoms with Crippen LogP contribution in [0.2, 0.25) is 0 Å². The van der Waals surface area contributed by atoms with Crippen molar-refractivity contribution < 1.29 is 13.9 Å². The lowest BCUT2D eigenvalue weighted by Gasteiger charge is -2.45.